The first kappa shape index (κ1) is 25.5. The molecule has 7 heteroatoms. The van der Waals surface area contributed by atoms with Gasteiger partial charge in [-0.2, -0.15) is 13.2 Å². The van der Waals surface area contributed by atoms with Crippen LogP contribution in [0.4, 0.5) is 13.2 Å². The first-order valence-electron chi connectivity index (χ1n) is 13.3. The molecule has 1 aliphatic heterocycles. The molecule has 4 nitrogen and oxygen atoms in total. The molecule has 34 heavy (non-hydrogen) atoms. The summed E-state index contributed by atoms with van der Waals surface area (Å²) in [5.74, 6) is 2.90. The molecule has 3 aliphatic rings. The number of likely N-dealkylation sites (tertiary alicyclic amines) is 1. The smallest absolute Gasteiger partial charge is 0.353 e. The molecule has 2 aliphatic carbocycles. The lowest BCUT2D eigenvalue weighted by molar-refractivity contribution is -0.141. The first-order valence-corrected chi connectivity index (χ1v) is 13.3. The molecule has 2 bridgehead atoms. The van der Waals surface area contributed by atoms with E-state index >= 15 is 0 Å². The maximum atomic E-state index is 13.3. The van der Waals surface area contributed by atoms with Crippen molar-refractivity contribution in [2.24, 2.45) is 29.6 Å². The average molecular weight is 480 g/mol. The van der Waals surface area contributed by atoms with Crippen LogP contribution in [-0.4, -0.2) is 34.9 Å². The Kier molecular flexibility index (Phi) is 8.21. The molecule has 0 radical (unpaired) electrons. The molecule has 1 aromatic heterocycles. The Morgan fingerprint density at radius 2 is 1.88 bits per heavy atom. The third-order valence-corrected chi connectivity index (χ3v) is 8.76. The van der Waals surface area contributed by atoms with Gasteiger partial charge in [-0.1, -0.05) is 26.3 Å². The fourth-order valence-corrected chi connectivity index (χ4v) is 6.85. The van der Waals surface area contributed by atoms with Gasteiger partial charge in [0.1, 0.15) is 5.69 Å². The maximum absolute atomic E-state index is 13.3. The zero-order valence-corrected chi connectivity index (χ0v) is 20.6. The Bertz CT molecular complexity index is 822. The SMILES string of the molecule is CCC(C(=O)NC1CC[C@H]2C[C@@H](CC)C[C@@H]1C2)C1CCN(Cc2cccc(C(F)(F)F)n2)CC1. The fourth-order valence-electron chi connectivity index (χ4n) is 6.85. The van der Waals surface area contributed by atoms with Crippen LogP contribution in [0.5, 0.6) is 0 Å². The number of nitrogens with zero attached hydrogens (tertiary/aromatic N) is 2. The predicted octanol–water partition coefficient (Wildman–Crippen LogP) is 6.06. The number of nitrogens with one attached hydrogen (secondary N) is 1. The summed E-state index contributed by atoms with van der Waals surface area (Å²) in [7, 11) is 0. The minimum atomic E-state index is -4.42. The summed E-state index contributed by atoms with van der Waals surface area (Å²) in [4.78, 5) is 19.3. The summed E-state index contributed by atoms with van der Waals surface area (Å²) in [5, 5.41) is 3.47. The van der Waals surface area contributed by atoms with Crippen molar-refractivity contribution in [3.05, 3.63) is 29.6 Å². The Labute approximate surface area is 202 Å². The molecular formula is C27H40F3N3O. The van der Waals surface area contributed by atoms with E-state index in [1.54, 1.807) is 6.07 Å². The van der Waals surface area contributed by atoms with Gasteiger partial charge in [-0.3, -0.25) is 9.69 Å². The molecule has 0 spiro atoms. The van der Waals surface area contributed by atoms with Crippen LogP contribution in [-0.2, 0) is 17.5 Å². The molecule has 2 unspecified atom stereocenters. The van der Waals surface area contributed by atoms with Gasteiger partial charge in [-0.05, 0) is 100 Å². The molecule has 190 valence electrons. The zero-order valence-electron chi connectivity index (χ0n) is 20.6. The van der Waals surface area contributed by atoms with E-state index in [0.29, 0.717) is 30.1 Å². The van der Waals surface area contributed by atoms with Crippen molar-refractivity contribution in [3.8, 4) is 0 Å². The van der Waals surface area contributed by atoms with Crippen LogP contribution in [0.25, 0.3) is 0 Å². The number of hydrogen-bond acceptors (Lipinski definition) is 3. The number of piperidine rings is 1. The molecule has 1 amide bonds. The van der Waals surface area contributed by atoms with Crippen LogP contribution in [0.3, 0.4) is 0 Å². The van der Waals surface area contributed by atoms with Crippen LogP contribution in [0.15, 0.2) is 18.2 Å². The van der Waals surface area contributed by atoms with Gasteiger partial charge in [0.15, 0.2) is 0 Å². The van der Waals surface area contributed by atoms with E-state index in [4.69, 9.17) is 0 Å². The van der Waals surface area contributed by atoms with Gasteiger partial charge < -0.3 is 5.32 Å². The van der Waals surface area contributed by atoms with Crippen molar-refractivity contribution < 1.29 is 18.0 Å². The number of pyridine rings is 1. The highest BCUT2D eigenvalue weighted by molar-refractivity contribution is 5.79. The number of amides is 1. The molecule has 4 rings (SSSR count). The van der Waals surface area contributed by atoms with Crippen molar-refractivity contribution in [1.82, 2.24) is 15.2 Å². The Hall–Kier alpha value is -1.63. The van der Waals surface area contributed by atoms with Gasteiger partial charge in [0.2, 0.25) is 5.91 Å². The lowest BCUT2D eigenvalue weighted by atomic mass is 9.65. The quantitative estimate of drug-likeness (QED) is 0.517. The number of fused-ring (bicyclic) bond motifs is 2. The topological polar surface area (TPSA) is 45.2 Å². The summed E-state index contributed by atoms with van der Waals surface area (Å²) in [6.07, 6.45) is 5.75. The van der Waals surface area contributed by atoms with Gasteiger partial charge >= 0.3 is 6.18 Å². The van der Waals surface area contributed by atoms with Crippen LogP contribution in [0.1, 0.15) is 83.0 Å². The molecular weight excluding hydrogens is 439 g/mol. The number of alkyl halides is 3. The maximum Gasteiger partial charge on any atom is 0.433 e. The average Bonchev–Trinajstić information content (AvgIpc) is 2.82. The largest absolute Gasteiger partial charge is 0.433 e. The molecule has 5 atom stereocenters. The predicted molar refractivity (Wildman–Crippen MR) is 127 cm³/mol. The van der Waals surface area contributed by atoms with Gasteiger partial charge in [-0.25, -0.2) is 4.98 Å². The summed E-state index contributed by atoms with van der Waals surface area (Å²) in [6.45, 7) is 6.40. The van der Waals surface area contributed by atoms with Crippen molar-refractivity contribution in [2.75, 3.05) is 13.1 Å². The third kappa shape index (κ3) is 6.13. The lowest BCUT2D eigenvalue weighted by Crippen LogP contribution is -2.49. The number of carbonyl (C=O) groups is 1. The fraction of sp³-hybridized carbons (Fsp3) is 0.778. The normalized spacial score (nSPS) is 29.6. The van der Waals surface area contributed by atoms with E-state index < -0.39 is 11.9 Å². The molecule has 1 saturated heterocycles. The Morgan fingerprint density at radius 3 is 2.56 bits per heavy atom. The second kappa shape index (κ2) is 11.0. The monoisotopic (exact) mass is 479 g/mol. The lowest BCUT2D eigenvalue weighted by Gasteiger charge is -2.44. The second-order valence-electron chi connectivity index (χ2n) is 10.9. The Balaban J connectivity index is 1.28. The summed E-state index contributed by atoms with van der Waals surface area (Å²) < 4.78 is 38.9. The van der Waals surface area contributed by atoms with E-state index in [9.17, 15) is 18.0 Å². The highest BCUT2D eigenvalue weighted by Crippen LogP contribution is 2.44. The molecule has 3 fully saturated rings. The first-order chi connectivity index (χ1) is 16.3. The van der Waals surface area contributed by atoms with Crippen LogP contribution >= 0.6 is 0 Å². The number of halogens is 3. The molecule has 1 aromatic rings. The Morgan fingerprint density at radius 1 is 1.12 bits per heavy atom. The minimum Gasteiger partial charge on any atom is -0.353 e. The van der Waals surface area contributed by atoms with Gasteiger partial charge in [-0.15, -0.1) is 0 Å². The third-order valence-electron chi connectivity index (χ3n) is 8.76. The minimum absolute atomic E-state index is 0.0251. The van der Waals surface area contributed by atoms with Gasteiger partial charge in [0, 0.05) is 18.5 Å². The van der Waals surface area contributed by atoms with Crippen molar-refractivity contribution in [1.29, 1.82) is 0 Å². The second-order valence-corrected chi connectivity index (χ2v) is 10.9. The highest BCUT2D eigenvalue weighted by atomic mass is 19.4. The van der Waals surface area contributed by atoms with E-state index in [1.165, 1.54) is 38.2 Å². The van der Waals surface area contributed by atoms with Crippen LogP contribution in [0, 0.1) is 29.6 Å². The van der Waals surface area contributed by atoms with E-state index in [2.05, 4.69) is 29.0 Å². The summed E-state index contributed by atoms with van der Waals surface area (Å²) >= 11 is 0. The number of aromatic nitrogens is 1. The molecule has 0 aromatic carbocycles. The number of carbonyl (C=O) groups excluding carboxylic acids is 1. The van der Waals surface area contributed by atoms with Gasteiger partial charge in [0.25, 0.3) is 0 Å². The van der Waals surface area contributed by atoms with Crippen LogP contribution < -0.4 is 5.32 Å². The molecule has 2 heterocycles. The van der Waals surface area contributed by atoms with E-state index in [0.717, 1.165) is 56.7 Å². The highest BCUT2D eigenvalue weighted by Gasteiger charge is 2.39. The van der Waals surface area contributed by atoms with Crippen molar-refractivity contribution >= 4 is 5.91 Å². The number of hydrogen-bond donors (Lipinski definition) is 1. The standard InChI is InChI=1S/C27H40F3N3O/c1-3-18-14-19-8-9-24(21(15-18)16-19)32-26(34)23(4-2)20-10-12-33(13-11-20)17-22-6-5-7-25(31-22)27(28,29)30/h5-7,18-21,23-24H,3-4,8-17H2,1-2H3,(H,32,34)/t18-,19+,21-,23?,24?/m1/s1. The van der Waals surface area contributed by atoms with E-state index in [-0.39, 0.29) is 11.8 Å². The summed E-state index contributed by atoms with van der Waals surface area (Å²) in [5.41, 5.74) is -0.383. The van der Waals surface area contributed by atoms with Crippen molar-refractivity contribution in [3.63, 3.8) is 0 Å². The number of rotatable bonds is 7. The van der Waals surface area contributed by atoms with Gasteiger partial charge in [0.05, 0.1) is 5.69 Å². The van der Waals surface area contributed by atoms with Crippen molar-refractivity contribution in [2.45, 2.75) is 90.4 Å². The zero-order chi connectivity index (χ0) is 24.3. The molecule has 2 saturated carbocycles. The summed E-state index contributed by atoms with van der Waals surface area (Å²) in [6, 6.07) is 4.44. The molecule has 1 N–H and O–H groups in total. The van der Waals surface area contributed by atoms with E-state index in [1.807, 2.05) is 0 Å². The van der Waals surface area contributed by atoms with Crippen LogP contribution in [0.2, 0.25) is 0 Å².